The van der Waals surface area contributed by atoms with Crippen LogP contribution in [0.1, 0.15) is 24.8 Å². The van der Waals surface area contributed by atoms with E-state index in [9.17, 15) is 0 Å². The molecule has 0 saturated heterocycles. The molecule has 2 heteroatoms. The molecule has 0 aliphatic heterocycles. The van der Waals surface area contributed by atoms with Crippen molar-refractivity contribution in [2.45, 2.75) is 19.3 Å². The van der Waals surface area contributed by atoms with Gasteiger partial charge >= 0.3 is 0 Å². The Labute approximate surface area is 78.9 Å². The lowest BCUT2D eigenvalue weighted by Crippen LogP contribution is -2.12. The van der Waals surface area contributed by atoms with E-state index in [1.54, 1.807) is 0 Å². The van der Waals surface area contributed by atoms with Gasteiger partial charge in [-0.1, -0.05) is 37.3 Å². The molecule has 12 heavy (non-hydrogen) atoms. The third-order valence-corrected chi connectivity index (χ3v) is 2.24. The second-order valence-electron chi connectivity index (χ2n) is 2.85. The molecule has 0 heterocycles. The van der Waals surface area contributed by atoms with Crippen molar-refractivity contribution >= 4 is 11.8 Å². The fourth-order valence-corrected chi connectivity index (χ4v) is 1.50. The normalized spacial score (nSPS) is 12.8. The summed E-state index contributed by atoms with van der Waals surface area (Å²) in [7, 11) is 0. The summed E-state index contributed by atoms with van der Waals surface area (Å²) in [6, 6.07) is 10.4. The highest BCUT2D eigenvalue weighted by Crippen LogP contribution is 2.17. The Bertz CT molecular complexity index is 210. The minimum Gasteiger partial charge on any atom is -0.233 e. The van der Waals surface area contributed by atoms with Gasteiger partial charge in [-0.05, 0) is 29.7 Å². The number of halogens is 1. The summed E-state index contributed by atoms with van der Waals surface area (Å²) in [5.74, 6) is 0.531. The van der Waals surface area contributed by atoms with Crippen molar-refractivity contribution in [3.05, 3.63) is 35.9 Å². The second kappa shape index (κ2) is 5.18. The Morgan fingerprint density at radius 3 is 2.50 bits per heavy atom. The molecule has 0 radical (unpaired) electrons. The highest BCUT2D eigenvalue weighted by molar-refractivity contribution is 6.13. The van der Waals surface area contributed by atoms with Crippen LogP contribution in [0.5, 0.6) is 0 Å². The summed E-state index contributed by atoms with van der Waals surface area (Å²) in [6.07, 6.45) is 1.11. The molecule has 1 rings (SSSR count). The molecule has 1 N–H and O–H groups in total. The predicted molar refractivity (Wildman–Crippen MR) is 53.3 cm³/mol. The average molecular weight is 184 g/mol. The van der Waals surface area contributed by atoms with E-state index in [0.717, 1.165) is 13.0 Å². The van der Waals surface area contributed by atoms with Gasteiger partial charge in [0.2, 0.25) is 0 Å². The molecule has 0 bridgehead atoms. The van der Waals surface area contributed by atoms with Crippen molar-refractivity contribution in [3.63, 3.8) is 0 Å². The van der Waals surface area contributed by atoms with Gasteiger partial charge in [0.25, 0.3) is 0 Å². The minimum atomic E-state index is 0.531. The molecule has 0 fully saturated rings. The zero-order valence-corrected chi connectivity index (χ0v) is 8.01. The summed E-state index contributed by atoms with van der Waals surface area (Å²) in [5.41, 5.74) is 1.35. The van der Waals surface area contributed by atoms with E-state index in [0.29, 0.717) is 5.92 Å². The van der Waals surface area contributed by atoms with Crippen LogP contribution in [0.2, 0.25) is 0 Å². The molecular weight excluding hydrogens is 170 g/mol. The summed E-state index contributed by atoms with van der Waals surface area (Å²) in [4.78, 5) is 2.69. The molecule has 0 spiro atoms. The first-order valence-corrected chi connectivity index (χ1v) is 4.64. The van der Waals surface area contributed by atoms with E-state index in [-0.39, 0.29) is 0 Å². The fraction of sp³-hybridized carbons (Fsp3) is 0.400. The molecule has 1 nitrogen and oxygen atoms in total. The number of hydrogen-bond donors (Lipinski definition) is 1. The van der Waals surface area contributed by atoms with Gasteiger partial charge in [0.15, 0.2) is 0 Å². The molecule has 66 valence electrons. The fourth-order valence-electron chi connectivity index (χ4n) is 1.32. The van der Waals surface area contributed by atoms with Gasteiger partial charge in [0.1, 0.15) is 0 Å². The molecule has 1 aromatic rings. The van der Waals surface area contributed by atoms with Gasteiger partial charge in [-0.3, -0.25) is 0 Å². The molecule has 0 aliphatic rings. The molecule has 0 saturated carbocycles. The lowest BCUT2D eigenvalue weighted by Gasteiger charge is -2.13. The lowest BCUT2D eigenvalue weighted by molar-refractivity contribution is 0.650. The smallest absolute Gasteiger partial charge is 0.0177 e. The van der Waals surface area contributed by atoms with Crippen LogP contribution in [-0.2, 0) is 0 Å². The van der Waals surface area contributed by atoms with Gasteiger partial charge in [-0.25, -0.2) is 4.84 Å². The molecule has 1 unspecified atom stereocenters. The summed E-state index contributed by atoms with van der Waals surface area (Å²) >= 11 is 5.47. The minimum absolute atomic E-state index is 0.531. The Morgan fingerprint density at radius 1 is 1.33 bits per heavy atom. The Hall–Kier alpha value is -0.530. The Morgan fingerprint density at radius 2 is 2.00 bits per heavy atom. The van der Waals surface area contributed by atoms with Crippen LogP contribution in [0.3, 0.4) is 0 Å². The average Bonchev–Trinajstić information content (AvgIpc) is 2.15. The van der Waals surface area contributed by atoms with E-state index in [2.05, 4.69) is 36.0 Å². The SMILES string of the molecule is CCC(CNCl)c1ccccc1. The van der Waals surface area contributed by atoms with Gasteiger partial charge in [0.05, 0.1) is 0 Å². The molecule has 1 atom stereocenters. The number of benzene rings is 1. The molecule has 1 aromatic carbocycles. The standard InChI is InChI=1S/C10H14ClN/c1-2-9(8-12-11)10-6-4-3-5-7-10/h3-7,9,12H,2,8H2,1H3. The monoisotopic (exact) mass is 183 g/mol. The molecule has 0 amide bonds. The third kappa shape index (κ3) is 2.50. The van der Waals surface area contributed by atoms with Crippen molar-refractivity contribution < 1.29 is 0 Å². The quantitative estimate of drug-likeness (QED) is 0.708. The van der Waals surface area contributed by atoms with E-state index < -0.39 is 0 Å². The van der Waals surface area contributed by atoms with Crippen LogP contribution >= 0.6 is 11.8 Å². The number of rotatable bonds is 4. The summed E-state index contributed by atoms with van der Waals surface area (Å²) in [5, 5.41) is 0. The Balaban J connectivity index is 2.66. The molecule has 0 aliphatic carbocycles. The molecular formula is C10H14ClN. The van der Waals surface area contributed by atoms with Crippen molar-refractivity contribution in [1.82, 2.24) is 4.84 Å². The zero-order valence-electron chi connectivity index (χ0n) is 7.26. The summed E-state index contributed by atoms with van der Waals surface area (Å²) < 4.78 is 0. The van der Waals surface area contributed by atoms with Crippen LogP contribution in [0.4, 0.5) is 0 Å². The highest BCUT2D eigenvalue weighted by atomic mass is 35.5. The number of nitrogens with one attached hydrogen (secondary N) is 1. The summed E-state index contributed by atoms with van der Waals surface area (Å²) in [6.45, 7) is 3.01. The number of hydrogen-bond acceptors (Lipinski definition) is 1. The van der Waals surface area contributed by atoms with Crippen molar-refractivity contribution in [1.29, 1.82) is 0 Å². The first-order chi connectivity index (χ1) is 5.88. The maximum Gasteiger partial charge on any atom is 0.0177 e. The topological polar surface area (TPSA) is 12.0 Å². The van der Waals surface area contributed by atoms with Crippen LogP contribution in [-0.4, -0.2) is 6.54 Å². The first kappa shape index (κ1) is 9.56. The molecule has 0 aromatic heterocycles. The van der Waals surface area contributed by atoms with Crippen LogP contribution in [0, 0.1) is 0 Å². The maximum absolute atomic E-state index is 5.47. The first-order valence-electron chi connectivity index (χ1n) is 4.27. The van der Waals surface area contributed by atoms with Crippen molar-refractivity contribution in [2.75, 3.05) is 6.54 Å². The van der Waals surface area contributed by atoms with Crippen LogP contribution < -0.4 is 4.84 Å². The highest BCUT2D eigenvalue weighted by Gasteiger charge is 2.06. The lowest BCUT2D eigenvalue weighted by atomic mass is 9.97. The van der Waals surface area contributed by atoms with Gasteiger partial charge in [-0.15, -0.1) is 0 Å². The van der Waals surface area contributed by atoms with Gasteiger partial charge < -0.3 is 0 Å². The van der Waals surface area contributed by atoms with Crippen LogP contribution in [0.25, 0.3) is 0 Å². The van der Waals surface area contributed by atoms with Crippen LogP contribution in [0.15, 0.2) is 30.3 Å². The van der Waals surface area contributed by atoms with Crippen molar-refractivity contribution in [3.8, 4) is 0 Å². The largest absolute Gasteiger partial charge is 0.233 e. The maximum atomic E-state index is 5.47. The van der Waals surface area contributed by atoms with Gasteiger partial charge in [0, 0.05) is 6.54 Å². The van der Waals surface area contributed by atoms with Crippen molar-refractivity contribution in [2.24, 2.45) is 0 Å². The third-order valence-electron chi connectivity index (χ3n) is 2.09. The predicted octanol–water partition coefficient (Wildman–Crippen LogP) is 2.92. The van der Waals surface area contributed by atoms with E-state index in [4.69, 9.17) is 11.8 Å². The van der Waals surface area contributed by atoms with E-state index in [1.807, 2.05) is 6.07 Å². The zero-order chi connectivity index (χ0) is 8.81. The van der Waals surface area contributed by atoms with E-state index >= 15 is 0 Å². The Kier molecular flexibility index (Phi) is 4.12. The van der Waals surface area contributed by atoms with E-state index in [1.165, 1.54) is 5.56 Å². The second-order valence-corrected chi connectivity index (χ2v) is 3.12. The van der Waals surface area contributed by atoms with Gasteiger partial charge in [-0.2, -0.15) is 0 Å².